The van der Waals surface area contributed by atoms with Crippen LogP contribution in [0.15, 0.2) is 121 Å². The van der Waals surface area contributed by atoms with Crippen molar-refractivity contribution in [2.24, 2.45) is 0 Å². The van der Waals surface area contributed by atoms with Crippen molar-refractivity contribution in [2.45, 2.75) is 30.7 Å². The van der Waals surface area contributed by atoms with Gasteiger partial charge in [0.15, 0.2) is 18.3 Å². The van der Waals surface area contributed by atoms with E-state index in [2.05, 4.69) is 0 Å². The molecule has 0 spiro atoms. The fourth-order valence-electron chi connectivity index (χ4n) is 4.65. The summed E-state index contributed by atoms with van der Waals surface area (Å²) < 4.78 is 33.8. The number of benzene rings is 4. The summed E-state index contributed by atoms with van der Waals surface area (Å²) in [6.45, 7) is 0. The zero-order valence-electron chi connectivity index (χ0n) is 24.4. The van der Waals surface area contributed by atoms with Crippen molar-refractivity contribution in [1.29, 1.82) is 0 Å². The van der Waals surface area contributed by atoms with Crippen LogP contribution in [0.2, 0.25) is 0 Å². The van der Waals surface area contributed by atoms with Gasteiger partial charge in [-0.1, -0.05) is 72.8 Å². The summed E-state index contributed by atoms with van der Waals surface area (Å²) in [6, 6.07) is 31.4. The van der Waals surface area contributed by atoms with Gasteiger partial charge in [-0.2, -0.15) is 0 Å². The van der Waals surface area contributed by atoms with Crippen LogP contribution < -0.4 is 0 Å². The Kier molecular flexibility index (Phi) is 10.2. The van der Waals surface area contributed by atoms with Crippen LogP contribution in [0.5, 0.6) is 0 Å². The van der Waals surface area contributed by atoms with E-state index in [1.165, 1.54) is 48.5 Å². The number of methoxy groups -OCH3 is 1. The Bertz CT molecular complexity index is 1660. The molecule has 46 heavy (non-hydrogen) atoms. The van der Waals surface area contributed by atoms with E-state index in [1.807, 2.05) is 0 Å². The van der Waals surface area contributed by atoms with Crippen LogP contribution in [-0.4, -0.2) is 67.7 Å². The number of carbonyl (C=O) groups excluding carboxylic acids is 5. The number of esters is 5. The number of hydrogen-bond acceptors (Lipinski definition) is 11. The molecule has 11 heteroatoms. The summed E-state index contributed by atoms with van der Waals surface area (Å²) in [5.74, 6) is -4.66. The molecule has 0 bridgehead atoms. The Balaban J connectivity index is 1.58. The summed E-state index contributed by atoms with van der Waals surface area (Å²) in [5, 5.41) is 0. The van der Waals surface area contributed by atoms with Crippen molar-refractivity contribution in [3.63, 3.8) is 0 Å². The average Bonchev–Trinajstić information content (AvgIpc) is 3.11. The molecule has 0 aliphatic carbocycles. The maximum atomic E-state index is 13.4. The van der Waals surface area contributed by atoms with E-state index < -0.39 is 60.6 Å². The van der Waals surface area contributed by atoms with Gasteiger partial charge in [0.25, 0.3) is 0 Å². The fraction of sp³-hybridized carbons (Fsp3) is 0.171. The van der Waals surface area contributed by atoms with Gasteiger partial charge in [-0.3, -0.25) is 0 Å². The predicted octanol–water partition coefficient (Wildman–Crippen LogP) is 4.42. The molecule has 1 saturated heterocycles. The highest BCUT2D eigenvalue weighted by Crippen LogP contribution is 2.32. The van der Waals surface area contributed by atoms with E-state index in [0.717, 1.165) is 7.11 Å². The summed E-state index contributed by atoms with van der Waals surface area (Å²) in [4.78, 5) is 66.4. The maximum Gasteiger partial charge on any atom is 0.340 e. The van der Waals surface area contributed by atoms with Crippen LogP contribution in [0.1, 0.15) is 41.4 Å². The van der Waals surface area contributed by atoms with Gasteiger partial charge in [-0.25, -0.2) is 24.0 Å². The second-order valence-electron chi connectivity index (χ2n) is 9.93. The van der Waals surface area contributed by atoms with Crippen LogP contribution in [-0.2, 0) is 33.2 Å². The molecule has 4 aromatic rings. The minimum Gasteiger partial charge on any atom is -0.467 e. The second kappa shape index (κ2) is 14.8. The third kappa shape index (κ3) is 7.45. The molecule has 4 aromatic carbocycles. The Hall–Kier alpha value is -5.81. The molecule has 1 aliphatic rings. The third-order valence-electron chi connectivity index (χ3n) is 6.92. The van der Waals surface area contributed by atoms with Crippen molar-refractivity contribution in [3.8, 4) is 0 Å². The van der Waals surface area contributed by atoms with Gasteiger partial charge in [0.2, 0.25) is 12.4 Å². The lowest BCUT2D eigenvalue weighted by atomic mass is 9.97. The van der Waals surface area contributed by atoms with Gasteiger partial charge in [-0.15, -0.1) is 0 Å². The van der Waals surface area contributed by atoms with E-state index >= 15 is 0 Å². The molecule has 0 aromatic heterocycles. The lowest BCUT2D eigenvalue weighted by Gasteiger charge is -2.43. The molecule has 1 fully saturated rings. The first-order valence-electron chi connectivity index (χ1n) is 14.1. The Labute approximate surface area is 263 Å². The zero-order valence-corrected chi connectivity index (χ0v) is 24.4. The first-order valence-corrected chi connectivity index (χ1v) is 14.1. The van der Waals surface area contributed by atoms with Crippen LogP contribution in [0.25, 0.3) is 0 Å². The molecule has 5 atom stereocenters. The third-order valence-corrected chi connectivity index (χ3v) is 6.92. The van der Waals surface area contributed by atoms with Gasteiger partial charge in [-0.05, 0) is 48.5 Å². The van der Waals surface area contributed by atoms with Crippen molar-refractivity contribution in [3.05, 3.63) is 144 Å². The molecule has 1 aliphatic heterocycles. The van der Waals surface area contributed by atoms with Gasteiger partial charge in [0, 0.05) is 0 Å². The molecule has 0 radical (unpaired) electrons. The number of rotatable bonds is 9. The van der Waals surface area contributed by atoms with Gasteiger partial charge in [0.1, 0.15) is 0 Å². The summed E-state index contributed by atoms with van der Waals surface area (Å²) in [6.07, 6.45) is -8.81. The van der Waals surface area contributed by atoms with Gasteiger partial charge < -0.3 is 28.4 Å². The average molecular weight is 625 g/mol. The zero-order chi connectivity index (χ0) is 32.5. The number of ether oxygens (including phenoxy) is 6. The topological polar surface area (TPSA) is 141 Å². The summed E-state index contributed by atoms with van der Waals surface area (Å²) in [7, 11) is 1.07. The minimum absolute atomic E-state index is 0.0997. The number of hydrogen-bond donors (Lipinski definition) is 0. The van der Waals surface area contributed by atoms with Crippen molar-refractivity contribution in [2.75, 3.05) is 7.11 Å². The minimum atomic E-state index is -1.83. The smallest absolute Gasteiger partial charge is 0.340 e. The first-order chi connectivity index (χ1) is 22.4. The van der Waals surface area contributed by atoms with E-state index in [1.54, 1.807) is 72.8 Å². The SMILES string of the molecule is COC(=O)[C@H]1OC(OC(=O)c2ccccc2)[C@H](OC(=O)c2ccccc2)[C@@H](OC(=O)c2ccccc2)[C@@H]1OC(=O)c1ccccc1. The monoisotopic (exact) mass is 624 g/mol. The highest BCUT2D eigenvalue weighted by Gasteiger charge is 2.57. The molecule has 0 saturated carbocycles. The molecule has 5 rings (SSSR count). The van der Waals surface area contributed by atoms with E-state index in [9.17, 15) is 24.0 Å². The Morgan fingerprint density at radius 2 is 0.783 bits per heavy atom. The molecule has 234 valence electrons. The largest absolute Gasteiger partial charge is 0.467 e. The van der Waals surface area contributed by atoms with Crippen molar-refractivity contribution < 1.29 is 52.4 Å². The van der Waals surface area contributed by atoms with Crippen LogP contribution in [0.4, 0.5) is 0 Å². The number of carbonyl (C=O) groups is 5. The fourth-order valence-corrected chi connectivity index (χ4v) is 4.65. The molecule has 11 nitrogen and oxygen atoms in total. The molecule has 0 amide bonds. The standard InChI is InChI=1S/C35H28O11/c1-41-34(40)28-26(42-30(36)22-14-6-2-7-15-22)27(43-31(37)23-16-8-3-9-17-23)29(44-32(38)24-18-10-4-11-19-24)35(45-28)46-33(39)25-20-12-5-13-21-25/h2-21,26-29,35H,1H3/t26-,27-,28-,29+,35?/m0/s1. The van der Waals surface area contributed by atoms with Gasteiger partial charge >= 0.3 is 29.8 Å². The normalized spacial score (nSPS) is 20.4. The molecular formula is C35H28O11. The highest BCUT2D eigenvalue weighted by molar-refractivity contribution is 5.92. The van der Waals surface area contributed by atoms with E-state index in [-0.39, 0.29) is 22.3 Å². The van der Waals surface area contributed by atoms with Crippen LogP contribution >= 0.6 is 0 Å². The molecule has 1 unspecified atom stereocenters. The quantitative estimate of drug-likeness (QED) is 0.193. The lowest BCUT2D eigenvalue weighted by Crippen LogP contribution is -2.64. The highest BCUT2D eigenvalue weighted by atomic mass is 16.7. The van der Waals surface area contributed by atoms with E-state index in [4.69, 9.17) is 28.4 Å². The van der Waals surface area contributed by atoms with Crippen LogP contribution in [0.3, 0.4) is 0 Å². The Morgan fingerprint density at radius 3 is 1.15 bits per heavy atom. The van der Waals surface area contributed by atoms with Crippen molar-refractivity contribution >= 4 is 29.8 Å². The van der Waals surface area contributed by atoms with E-state index in [0.29, 0.717) is 0 Å². The summed E-state index contributed by atoms with van der Waals surface area (Å²) >= 11 is 0. The molecular weight excluding hydrogens is 596 g/mol. The summed E-state index contributed by atoms with van der Waals surface area (Å²) in [5.41, 5.74) is 0.429. The predicted molar refractivity (Wildman–Crippen MR) is 159 cm³/mol. The van der Waals surface area contributed by atoms with Crippen molar-refractivity contribution in [1.82, 2.24) is 0 Å². The lowest BCUT2D eigenvalue weighted by molar-refractivity contribution is -0.277. The molecule has 1 heterocycles. The Morgan fingerprint density at radius 1 is 0.457 bits per heavy atom. The molecule has 0 N–H and O–H groups in total. The maximum absolute atomic E-state index is 13.4. The van der Waals surface area contributed by atoms with Crippen LogP contribution in [0, 0.1) is 0 Å². The first kappa shape index (κ1) is 31.6. The second-order valence-corrected chi connectivity index (χ2v) is 9.93. The van der Waals surface area contributed by atoms with Gasteiger partial charge in [0.05, 0.1) is 29.4 Å².